The second-order valence-corrected chi connectivity index (χ2v) is 6.25. The summed E-state index contributed by atoms with van der Waals surface area (Å²) in [6, 6.07) is 0. The fourth-order valence-corrected chi connectivity index (χ4v) is 2.66. The number of nitrogens with one attached hydrogen (secondary N) is 1. The van der Waals surface area contributed by atoms with Crippen molar-refractivity contribution in [3.63, 3.8) is 0 Å². The van der Waals surface area contributed by atoms with E-state index in [-0.39, 0.29) is 23.3 Å². The van der Waals surface area contributed by atoms with Gasteiger partial charge < -0.3 is 10.4 Å². The third kappa shape index (κ3) is 4.75. The minimum absolute atomic E-state index is 0.0272. The van der Waals surface area contributed by atoms with Crippen molar-refractivity contribution >= 4 is 11.9 Å². The maximum Gasteiger partial charge on any atom is 0.303 e. The summed E-state index contributed by atoms with van der Waals surface area (Å²) in [6.45, 7) is 5.80. The molecule has 1 aliphatic rings. The van der Waals surface area contributed by atoms with Crippen LogP contribution in [-0.4, -0.2) is 22.5 Å². The van der Waals surface area contributed by atoms with Gasteiger partial charge in [0.25, 0.3) is 0 Å². The number of hydrogen-bond acceptors (Lipinski definition) is 2. The van der Waals surface area contributed by atoms with Crippen molar-refractivity contribution in [1.82, 2.24) is 5.32 Å². The van der Waals surface area contributed by atoms with Gasteiger partial charge in [-0.05, 0) is 39.0 Å². The van der Waals surface area contributed by atoms with Crippen molar-refractivity contribution in [2.24, 2.45) is 5.41 Å². The summed E-state index contributed by atoms with van der Waals surface area (Å²) in [5.41, 5.74) is -0.554. The molecular formula is C13H23NO3. The van der Waals surface area contributed by atoms with Crippen molar-refractivity contribution in [1.29, 1.82) is 0 Å². The minimum atomic E-state index is -0.796. The lowest BCUT2D eigenvalue weighted by atomic mass is 9.79. The standard InChI is InChI=1S/C13H23NO3/c1-12(2,3)14-10(15)8-13(9-11(16)17)6-4-5-7-13/h4-9H2,1-3H3,(H,14,15)(H,16,17). The Morgan fingerprint density at radius 3 is 2.12 bits per heavy atom. The number of amides is 1. The van der Waals surface area contributed by atoms with Crippen molar-refractivity contribution in [3.8, 4) is 0 Å². The van der Waals surface area contributed by atoms with Crippen molar-refractivity contribution in [3.05, 3.63) is 0 Å². The lowest BCUT2D eigenvalue weighted by Gasteiger charge is -2.29. The third-order valence-corrected chi connectivity index (χ3v) is 3.24. The number of aliphatic carboxylic acids is 1. The zero-order valence-corrected chi connectivity index (χ0v) is 11.0. The van der Waals surface area contributed by atoms with Gasteiger partial charge in [-0.15, -0.1) is 0 Å². The Balaban J connectivity index is 2.61. The summed E-state index contributed by atoms with van der Waals surface area (Å²) in [7, 11) is 0. The number of rotatable bonds is 4. The van der Waals surface area contributed by atoms with Gasteiger partial charge in [0.15, 0.2) is 0 Å². The molecule has 0 heterocycles. The molecule has 0 aromatic carbocycles. The van der Waals surface area contributed by atoms with E-state index in [1.54, 1.807) is 0 Å². The summed E-state index contributed by atoms with van der Waals surface area (Å²) in [5, 5.41) is 11.9. The average molecular weight is 241 g/mol. The number of carbonyl (C=O) groups is 2. The van der Waals surface area contributed by atoms with Gasteiger partial charge in [0.05, 0.1) is 6.42 Å². The van der Waals surface area contributed by atoms with E-state index >= 15 is 0 Å². The summed E-state index contributed by atoms with van der Waals surface area (Å²) < 4.78 is 0. The first kappa shape index (κ1) is 14.0. The molecular weight excluding hydrogens is 218 g/mol. The Labute approximate surface area is 103 Å². The largest absolute Gasteiger partial charge is 0.481 e. The monoisotopic (exact) mass is 241 g/mol. The highest BCUT2D eigenvalue weighted by atomic mass is 16.4. The van der Waals surface area contributed by atoms with Crippen LogP contribution in [0.15, 0.2) is 0 Å². The van der Waals surface area contributed by atoms with E-state index in [0.717, 1.165) is 25.7 Å². The van der Waals surface area contributed by atoms with E-state index in [4.69, 9.17) is 5.11 Å². The number of carboxylic acids is 1. The molecule has 4 heteroatoms. The van der Waals surface area contributed by atoms with Crippen LogP contribution in [0, 0.1) is 5.41 Å². The second kappa shape index (κ2) is 5.07. The first-order valence-corrected chi connectivity index (χ1v) is 6.25. The number of hydrogen-bond donors (Lipinski definition) is 2. The van der Waals surface area contributed by atoms with E-state index in [1.165, 1.54) is 0 Å². The highest BCUT2D eigenvalue weighted by Crippen LogP contribution is 2.44. The predicted octanol–water partition coefficient (Wildman–Crippen LogP) is 2.33. The molecule has 1 rings (SSSR count). The van der Waals surface area contributed by atoms with Gasteiger partial charge in [0.2, 0.25) is 5.91 Å². The molecule has 0 saturated heterocycles. The van der Waals surface area contributed by atoms with Crippen LogP contribution < -0.4 is 5.32 Å². The molecule has 1 amide bonds. The summed E-state index contributed by atoms with van der Waals surface area (Å²) >= 11 is 0. The molecule has 1 saturated carbocycles. The van der Waals surface area contributed by atoms with Crippen LogP contribution in [0.3, 0.4) is 0 Å². The smallest absolute Gasteiger partial charge is 0.303 e. The fraction of sp³-hybridized carbons (Fsp3) is 0.846. The normalized spacial score (nSPS) is 19.0. The highest BCUT2D eigenvalue weighted by molar-refractivity contribution is 5.78. The van der Waals surface area contributed by atoms with Gasteiger partial charge in [0.1, 0.15) is 0 Å². The lowest BCUT2D eigenvalue weighted by Crippen LogP contribution is -2.43. The van der Waals surface area contributed by atoms with Crippen molar-refractivity contribution < 1.29 is 14.7 Å². The molecule has 0 atom stereocenters. The van der Waals surface area contributed by atoms with Crippen LogP contribution in [0.1, 0.15) is 59.3 Å². The van der Waals surface area contributed by atoms with Gasteiger partial charge in [0, 0.05) is 12.0 Å². The topological polar surface area (TPSA) is 66.4 Å². The fourth-order valence-electron chi connectivity index (χ4n) is 2.66. The van der Waals surface area contributed by atoms with Gasteiger partial charge in [-0.2, -0.15) is 0 Å². The Hall–Kier alpha value is -1.06. The molecule has 2 N–H and O–H groups in total. The van der Waals surface area contributed by atoms with Gasteiger partial charge >= 0.3 is 5.97 Å². The molecule has 4 nitrogen and oxygen atoms in total. The molecule has 17 heavy (non-hydrogen) atoms. The predicted molar refractivity (Wildman–Crippen MR) is 65.7 cm³/mol. The van der Waals surface area contributed by atoms with E-state index < -0.39 is 5.97 Å². The molecule has 0 spiro atoms. The molecule has 0 aliphatic heterocycles. The summed E-state index contributed by atoms with van der Waals surface area (Å²) in [5.74, 6) is -0.823. The van der Waals surface area contributed by atoms with Crippen LogP contribution in [0.5, 0.6) is 0 Å². The van der Waals surface area contributed by atoms with Crippen molar-refractivity contribution in [2.75, 3.05) is 0 Å². The van der Waals surface area contributed by atoms with Crippen LogP contribution in [0.2, 0.25) is 0 Å². The molecule has 0 bridgehead atoms. The SMILES string of the molecule is CC(C)(C)NC(=O)CC1(CC(=O)O)CCCC1. The van der Waals surface area contributed by atoms with E-state index in [9.17, 15) is 9.59 Å². The summed E-state index contributed by atoms with van der Waals surface area (Å²) in [4.78, 5) is 22.8. The number of carbonyl (C=O) groups excluding carboxylic acids is 1. The molecule has 0 unspecified atom stereocenters. The maximum atomic E-state index is 11.9. The van der Waals surface area contributed by atoms with E-state index in [2.05, 4.69) is 5.32 Å². The Morgan fingerprint density at radius 2 is 1.71 bits per heavy atom. The van der Waals surface area contributed by atoms with Crippen LogP contribution >= 0.6 is 0 Å². The van der Waals surface area contributed by atoms with Crippen LogP contribution in [-0.2, 0) is 9.59 Å². The Morgan fingerprint density at radius 1 is 1.18 bits per heavy atom. The molecule has 0 radical (unpaired) electrons. The van der Waals surface area contributed by atoms with Gasteiger partial charge in [-0.1, -0.05) is 12.8 Å². The third-order valence-electron chi connectivity index (χ3n) is 3.24. The van der Waals surface area contributed by atoms with Crippen molar-refractivity contribution in [2.45, 2.75) is 64.8 Å². The zero-order valence-electron chi connectivity index (χ0n) is 11.0. The second-order valence-electron chi connectivity index (χ2n) is 6.25. The Kier molecular flexibility index (Phi) is 4.17. The lowest BCUT2D eigenvalue weighted by molar-refractivity contribution is -0.140. The molecule has 1 aliphatic carbocycles. The maximum absolute atomic E-state index is 11.9. The average Bonchev–Trinajstić information content (AvgIpc) is 2.47. The van der Waals surface area contributed by atoms with E-state index in [1.807, 2.05) is 20.8 Å². The quantitative estimate of drug-likeness (QED) is 0.793. The molecule has 0 aromatic rings. The van der Waals surface area contributed by atoms with Gasteiger partial charge in [-0.3, -0.25) is 9.59 Å². The highest BCUT2D eigenvalue weighted by Gasteiger charge is 2.38. The summed E-state index contributed by atoms with van der Waals surface area (Å²) in [6.07, 6.45) is 4.25. The first-order valence-electron chi connectivity index (χ1n) is 6.25. The van der Waals surface area contributed by atoms with E-state index in [0.29, 0.717) is 6.42 Å². The van der Waals surface area contributed by atoms with Crippen LogP contribution in [0.4, 0.5) is 0 Å². The molecule has 1 fully saturated rings. The molecule has 0 aromatic heterocycles. The minimum Gasteiger partial charge on any atom is -0.481 e. The number of carboxylic acid groups (broad SMARTS) is 1. The zero-order chi connectivity index (χ0) is 13.1. The molecule has 98 valence electrons. The van der Waals surface area contributed by atoms with Gasteiger partial charge in [-0.25, -0.2) is 0 Å². The van der Waals surface area contributed by atoms with Crippen LogP contribution in [0.25, 0.3) is 0 Å². The Bertz CT molecular complexity index is 298. The first-order chi connectivity index (χ1) is 7.72.